The first kappa shape index (κ1) is 27.1. The summed E-state index contributed by atoms with van der Waals surface area (Å²) in [5.74, 6) is 0. The van der Waals surface area contributed by atoms with E-state index in [0.29, 0.717) is 0 Å². The van der Waals surface area contributed by atoms with Crippen LogP contribution in [0.1, 0.15) is 25.0 Å². The molecule has 228 valence electrons. The molecule has 3 heterocycles. The van der Waals surface area contributed by atoms with Crippen molar-refractivity contribution in [2.75, 3.05) is 4.90 Å². The summed E-state index contributed by atoms with van der Waals surface area (Å²) in [6.07, 6.45) is 0. The standard InChI is InChI=1S/C45H33N3/c1-45(2)38-21-11-14-24-43(38)48-42-26-25-32(47-40-22-12-9-19-34(40)35-20-10-13-23-41(35)47)27-36(42)37-28-33(29-39(45)44(37)48)46(30-15-5-3-6-16-30)31-17-7-4-8-18-31/h3-29H,1-2H3. The molecule has 3 heteroatoms. The molecule has 0 saturated heterocycles. The van der Waals surface area contributed by atoms with Gasteiger partial charge in [0.05, 0.1) is 27.8 Å². The highest BCUT2D eigenvalue weighted by atomic mass is 15.1. The SMILES string of the molecule is CC1(C)c2ccccc2-n2c3ccc(-n4c5ccccc5c5ccccc54)cc3c3cc(N(c4ccccc4)c4ccccc4)cc1c32. The fraction of sp³-hybridized carbons (Fsp3) is 0.0667. The number of anilines is 3. The number of hydrogen-bond acceptors (Lipinski definition) is 1. The minimum absolute atomic E-state index is 0.204. The maximum atomic E-state index is 2.51. The topological polar surface area (TPSA) is 13.1 Å². The van der Waals surface area contributed by atoms with Gasteiger partial charge in [-0.25, -0.2) is 0 Å². The fourth-order valence-electron chi connectivity index (χ4n) is 8.26. The first-order valence-electron chi connectivity index (χ1n) is 16.7. The molecule has 3 nitrogen and oxygen atoms in total. The molecule has 7 aromatic carbocycles. The van der Waals surface area contributed by atoms with Crippen LogP contribution in [0.5, 0.6) is 0 Å². The second-order valence-corrected chi connectivity index (χ2v) is 13.4. The molecule has 0 N–H and O–H groups in total. The monoisotopic (exact) mass is 615 g/mol. The summed E-state index contributed by atoms with van der Waals surface area (Å²) in [7, 11) is 0. The Morgan fingerprint density at radius 3 is 1.65 bits per heavy atom. The normalized spacial score (nSPS) is 13.4. The Bertz CT molecular complexity index is 2600. The van der Waals surface area contributed by atoms with Crippen LogP contribution in [0.25, 0.3) is 55.0 Å². The zero-order chi connectivity index (χ0) is 32.0. The summed E-state index contributed by atoms with van der Waals surface area (Å²) in [6.45, 7) is 4.76. The van der Waals surface area contributed by atoms with Crippen molar-refractivity contribution >= 4 is 60.7 Å². The lowest BCUT2D eigenvalue weighted by molar-refractivity contribution is 0.630. The van der Waals surface area contributed by atoms with Gasteiger partial charge in [-0.1, -0.05) is 105 Å². The van der Waals surface area contributed by atoms with E-state index in [1.54, 1.807) is 0 Å². The van der Waals surface area contributed by atoms with Crippen molar-refractivity contribution < 1.29 is 0 Å². The number of para-hydroxylation sites is 5. The molecular weight excluding hydrogens is 583 g/mol. The first-order chi connectivity index (χ1) is 23.6. The van der Waals surface area contributed by atoms with Crippen LogP contribution < -0.4 is 4.90 Å². The maximum Gasteiger partial charge on any atom is 0.0583 e. The smallest absolute Gasteiger partial charge is 0.0583 e. The van der Waals surface area contributed by atoms with Crippen molar-refractivity contribution in [3.8, 4) is 11.4 Å². The molecule has 48 heavy (non-hydrogen) atoms. The van der Waals surface area contributed by atoms with Crippen LogP contribution in [0.2, 0.25) is 0 Å². The lowest BCUT2D eigenvalue weighted by atomic mass is 9.74. The van der Waals surface area contributed by atoms with Gasteiger partial charge in [0.25, 0.3) is 0 Å². The molecule has 0 saturated carbocycles. The Hall–Kier alpha value is -6.06. The fourth-order valence-corrected chi connectivity index (χ4v) is 8.26. The van der Waals surface area contributed by atoms with Gasteiger partial charge in [0.1, 0.15) is 0 Å². The van der Waals surface area contributed by atoms with E-state index in [1.165, 1.54) is 66.1 Å². The molecule has 10 rings (SSSR count). The molecule has 0 radical (unpaired) electrons. The summed E-state index contributed by atoms with van der Waals surface area (Å²) < 4.78 is 4.94. The van der Waals surface area contributed by atoms with Crippen LogP contribution in [0.15, 0.2) is 164 Å². The van der Waals surface area contributed by atoms with Gasteiger partial charge in [-0.2, -0.15) is 0 Å². The van der Waals surface area contributed by atoms with Crippen LogP contribution in [0.4, 0.5) is 17.1 Å². The summed E-state index contributed by atoms with van der Waals surface area (Å²) in [5, 5.41) is 5.06. The van der Waals surface area contributed by atoms with Gasteiger partial charge in [-0.15, -0.1) is 0 Å². The number of aromatic nitrogens is 2. The summed E-state index contributed by atoms with van der Waals surface area (Å²) >= 11 is 0. The molecule has 1 aliphatic heterocycles. The van der Waals surface area contributed by atoms with E-state index in [4.69, 9.17) is 0 Å². The van der Waals surface area contributed by atoms with Crippen molar-refractivity contribution in [2.45, 2.75) is 19.3 Å². The Morgan fingerprint density at radius 1 is 0.417 bits per heavy atom. The number of hydrogen-bond donors (Lipinski definition) is 0. The van der Waals surface area contributed by atoms with E-state index in [2.05, 4.69) is 192 Å². The molecule has 2 aromatic heterocycles. The van der Waals surface area contributed by atoms with Gasteiger partial charge in [-0.05, 0) is 83.9 Å². The predicted molar refractivity (Wildman–Crippen MR) is 202 cm³/mol. The Balaban J connectivity index is 1.33. The van der Waals surface area contributed by atoms with Crippen LogP contribution >= 0.6 is 0 Å². The quantitative estimate of drug-likeness (QED) is 0.192. The Morgan fingerprint density at radius 2 is 0.979 bits per heavy atom. The summed E-state index contributed by atoms with van der Waals surface area (Å²) in [4.78, 5) is 2.40. The minimum Gasteiger partial charge on any atom is -0.310 e. The molecular formula is C45H33N3. The zero-order valence-corrected chi connectivity index (χ0v) is 26.9. The van der Waals surface area contributed by atoms with Gasteiger partial charge in [-0.3, -0.25) is 0 Å². The third-order valence-electron chi connectivity index (χ3n) is 10.4. The largest absolute Gasteiger partial charge is 0.310 e. The first-order valence-corrected chi connectivity index (χ1v) is 16.7. The lowest BCUT2D eigenvalue weighted by Crippen LogP contribution is -2.26. The number of rotatable bonds is 4. The number of nitrogens with zero attached hydrogens (tertiary/aromatic N) is 3. The third kappa shape index (κ3) is 3.70. The van der Waals surface area contributed by atoms with E-state index in [1.807, 2.05) is 0 Å². The van der Waals surface area contributed by atoms with Gasteiger partial charge in [0.2, 0.25) is 0 Å². The average molecular weight is 616 g/mol. The molecule has 0 spiro atoms. The molecule has 9 aromatic rings. The highest BCUT2D eigenvalue weighted by Gasteiger charge is 2.36. The average Bonchev–Trinajstić information content (AvgIpc) is 3.65. The van der Waals surface area contributed by atoms with Crippen LogP contribution in [-0.4, -0.2) is 9.13 Å². The van der Waals surface area contributed by atoms with Gasteiger partial charge < -0.3 is 14.0 Å². The molecule has 0 atom stereocenters. The lowest BCUT2D eigenvalue weighted by Gasteiger charge is -2.36. The van der Waals surface area contributed by atoms with Crippen molar-refractivity contribution in [1.29, 1.82) is 0 Å². The minimum atomic E-state index is -0.204. The van der Waals surface area contributed by atoms with Crippen molar-refractivity contribution in [2.24, 2.45) is 0 Å². The van der Waals surface area contributed by atoms with Crippen molar-refractivity contribution in [3.05, 3.63) is 175 Å². The molecule has 0 aliphatic carbocycles. The van der Waals surface area contributed by atoms with Crippen molar-refractivity contribution in [1.82, 2.24) is 9.13 Å². The van der Waals surface area contributed by atoms with Crippen LogP contribution in [0.3, 0.4) is 0 Å². The third-order valence-corrected chi connectivity index (χ3v) is 10.4. The zero-order valence-electron chi connectivity index (χ0n) is 26.9. The molecule has 0 fully saturated rings. The van der Waals surface area contributed by atoms with Crippen molar-refractivity contribution in [3.63, 3.8) is 0 Å². The highest BCUT2D eigenvalue weighted by Crippen LogP contribution is 2.50. The second-order valence-electron chi connectivity index (χ2n) is 13.4. The van der Waals surface area contributed by atoms with E-state index >= 15 is 0 Å². The summed E-state index contributed by atoms with van der Waals surface area (Å²) in [6, 6.07) is 59.8. The number of fused-ring (bicyclic) bond motifs is 8. The second kappa shape index (κ2) is 9.97. The van der Waals surface area contributed by atoms with E-state index in [9.17, 15) is 0 Å². The molecule has 0 bridgehead atoms. The Labute approximate surface area is 279 Å². The molecule has 0 amide bonds. The summed E-state index contributed by atoms with van der Waals surface area (Å²) in [5.41, 5.74) is 13.3. The van der Waals surface area contributed by atoms with Crippen LogP contribution in [0, 0.1) is 0 Å². The molecule has 0 unspecified atom stereocenters. The van der Waals surface area contributed by atoms with Gasteiger partial charge in [0, 0.05) is 49.7 Å². The van der Waals surface area contributed by atoms with Gasteiger partial charge >= 0.3 is 0 Å². The number of benzene rings is 7. The highest BCUT2D eigenvalue weighted by molar-refractivity contribution is 6.14. The van der Waals surface area contributed by atoms with Gasteiger partial charge in [0.15, 0.2) is 0 Å². The maximum absolute atomic E-state index is 2.51. The predicted octanol–water partition coefficient (Wildman–Crippen LogP) is 12.0. The van der Waals surface area contributed by atoms with E-state index in [-0.39, 0.29) is 5.41 Å². The van der Waals surface area contributed by atoms with Crippen LogP contribution in [-0.2, 0) is 5.41 Å². The van der Waals surface area contributed by atoms with E-state index in [0.717, 1.165) is 17.1 Å². The van der Waals surface area contributed by atoms with E-state index < -0.39 is 0 Å². The Kier molecular flexibility index (Phi) is 5.63. The molecule has 1 aliphatic rings.